The molecule has 1 aromatic heterocycles. The molecule has 0 aromatic carbocycles. The van der Waals surface area contributed by atoms with Gasteiger partial charge in [-0.25, -0.2) is 0 Å². The number of piperidine rings is 1. The Morgan fingerprint density at radius 2 is 2.22 bits per heavy atom. The van der Waals surface area contributed by atoms with Crippen molar-refractivity contribution < 1.29 is 0 Å². The highest BCUT2D eigenvalue weighted by molar-refractivity contribution is 5.72. The molecule has 1 N–H and O–H groups in total. The number of rotatable bonds is 1. The molecular formula is C14H24N4. The molecule has 0 radical (unpaired) electrons. The van der Waals surface area contributed by atoms with E-state index in [1.807, 2.05) is 0 Å². The van der Waals surface area contributed by atoms with Crippen LogP contribution in [0.25, 0.3) is 0 Å². The van der Waals surface area contributed by atoms with Gasteiger partial charge in [0.1, 0.15) is 5.69 Å². The van der Waals surface area contributed by atoms with Crippen LogP contribution in [0.15, 0.2) is 0 Å². The summed E-state index contributed by atoms with van der Waals surface area (Å²) in [6, 6.07) is 0.596. The van der Waals surface area contributed by atoms with E-state index in [1.54, 1.807) is 0 Å². The van der Waals surface area contributed by atoms with Crippen molar-refractivity contribution in [3.05, 3.63) is 5.69 Å². The van der Waals surface area contributed by atoms with E-state index in [-0.39, 0.29) is 0 Å². The fraction of sp³-hybridized carbons (Fsp3) is 0.786. The molecule has 4 nitrogen and oxygen atoms in total. The second-order valence-corrected chi connectivity index (χ2v) is 6.30. The molecule has 3 rings (SSSR count). The van der Waals surface area contributed by atoms with Gasteiger partial charge in [-0.2, -0.15) is 5.10 Å². The van der Waals surface area contributed by atoms with Crippen molar-refractivity contribution in [3.63, 3.8) is 0 Å². The fourth-order valence-electron chi connectivity index (χ4n) is 3.62. The zero-order valence-corrected chi connectivity index (χ0v) is 12.0. The lowest BCUT2D eigenvalue weighted by Gasteiger charge is -2.50. The van der Waals surface area contributed by atoms with E-state index in [4.69, 9.17) is 0 Å². The minimum absolute atomic E-state index is 0.388. The Bertz CT molecular complexity index is 461. The summed E-state index contributed by atoms with van der Waals surface area (Å²) >= 11 is 0. The lowest BCUT2D eigenvalue weighted by molar-refractivity contribution is 0.215. The Labute approximate surface area is 109 Å². The van der Waals surface area contributed by atoms with Crippen molar-refractivity contribution >= 4 is 11.5 Å². The Hall–Kier alpha value is -1.19. The van der Waals surface area contributed by atoms with Crippen LogP contribution < -0.4 is 10.2 Å². The first-order valence-electron chi connectivity index (χ1n) is 7.11. The summed E-state index contributed by atoms with van der Waals surface area (Å²) in [7, 11) is 2.07. The van der Waals surface area contributed by atoms with Crippen LogP contribution in [-0.2, 0) is 13.5 Å². The third-order valence-corrected chi connectivity index (χ3v) is 4.67. The fourth-order valence-corrected chi connectivity index (χ4v) is 3.62. The van der Waals surface area contributed by atoms with E-state index in [1.165, 1.54) is 36.6 Å². The first-order valence-corrected chi connectivity index (χ1v) is 7.11. The van der Waals surface area contributed by atoms with E-state index in [0.717, 1.165) is 13.0 Å². The summed E-state index contributed by atoms with van der Waals surface area (Å²) < 4.78 is 2.06. The Balaban J connectivity index is 2.05. The normalized spacial score (nSPS) is 25.3. The molecule has 0 amide bonds. The van der Waals surface area contributed by atoms with Gasteiger partial charge in [0.2, 0.25) is 0 Å². The molecule has 0 spiro atoms. The van der Waals surface area contributed by atoms with Gasteiger partial charge >= 0.3 is 0 Å². The number of nitrogens with zero attached hydrogens (tertiary/aromatic N) is 3. The maximum Gasteiger partial charge on any atom is 0.150 e. The number of fused-ring (bicyclic) bond motifs is 3. The molecule has 1 atom stereocenters. The maximum atomic E-state index is 4.66. The maximum absolute atomic E-state index is 4.66. The van der Waals surface area contributed by atoms with Crippen LogP contribution in [0.1, 0.15) is 39.3 Å². The van der Waals surface area contributed by atoms with Gasteiger partial charge in [-0.1, -0.05) is 20.8 Å². The van der Waals surface area contributed by atoms with E-state index in [0.29, 0.717) is 11.5 Å². The third-order valence-electron chi connectivity index (χ3n) is 4.67. The van der Waals surface area contributed by atoms with Gasteiger partial charge in [0.05, 0.1) is 11.7 Å². The number of hydrogen-bond acceptors (Lipinski definition) is 3. The molecular weight excluding hydrogens is 224 g/mol. The van der Waals surface area contributed by atoms with Gasteiger partial charge in [-0.05, 0) is 24.7 Å². The Morgan fingerprint density at radius 1 is 1.44 bits per heavy atom. The average molecular weight is 248 g/mol. The number of aromatic nitrogens is 2. The van der Waals surface area contributed by atoms with Crippen molar-refractivity contribution in [2.75, 3.05) is 23.3 Å². The molecule has 0 bridgehead atoms. The van der Waals surface area contributed by atoms with Crippen molar-refractivity contribution in [1.82, 2.24) is 9.78 Å². The minimum atomic E-state index is 0.388. The minimum Gasteiger partial charge on any atom is -0.378 e. The van der Waals surface area contributed by atoms with Crippen molar-refractivity contribution in [3.8, 4) is 0 Å². The second kappa shape index (κ2) is 3.90. The number of aryl methyl sites for hydroxylation is 2. The predicted molar refractivity (Wildman–Crippen MR) is 75.2 cm³/mol. The summed E-state index contributed by atoms with van der Waals surface area (Å²) in [5, 5.41) is 8.29. The van der Waals surface area contributed by atoms with Crippen LogP contribution in [0.3, 0.4) is 0 Å². The zero-order valence-electron chi connectivity index (χ0n) is 12.0. The van der Waals surface area contributed by atoms with Crippen molar-refractivity contribution in [1.29, 1.82) is 0 Å². The summed E-state index contributed by atoms with van der Waals surface area (Å²) in [5.41, 5.74) is 2.86. The van der Waals surface area contributed by atoms with Gasteiger partial charge in [0, 0.05) is 20.1 Å². The van der Waals surface area contributed by atoms with E-state index >= 15 is 0 Å². The quantitative estimate of drug-likeness (QED) is 0.828. The molecule has 1 saturated heterocycles. The molecule has 2 aliphatic rings. The van der Waals surface area contributed by atoms with Gasteiger partial charge in [-0.15, -0.1) is 0 Å². The lowest BCUT2D eigenvalue weighted by Crippen LogP contribution is -2.56. The molecule has 18 heavy (non-hydrogen) atoms. The van der Waals surface area contributed by atoms with Crippen LogP contribution in [0.5, 0.6) is 0 Å². The van der Waals surface area contributed by atoms with Crippen LogP contribution in [0.2, 0.25) is 0 Å². The van der Waals surface area contributed by atoms with Crippen LogP contribution in [0.4, 0.5) is 11.5 Å². The van der Waals surface area contributed by atoms with Crippen LogP contribution in [-0.4, -0.2) is 28.9 Å². The second-order valence-electron chi connectivity index (χ2n) is 6.30. The molecule has 1 aromatic rings. The first kappa shape index (κ1) is 11.9. The lowest BCUT2D eigenvalue weighted by atomic mass is 9.75. The standard InChI is InChI=1S/C14H24N4/c1-5-10-12-13(17(4)16-10)18-8-6-7-14(2,3)11(18)9-15-12/h11,15H,5-9H2,1-4H3. The van der Waals surface area contributed by atoms with Gasteiger partial charge < -0.3 is 10.2 Å². The number of nitrogens with one attached hydrogen (secondary N) is 1. The molecule has 2 aliphatic heterocycles. The predicted octanol–water partition coefficient (Wildman–Crippen LogP) is 2.40. The van der Waals surface area contributed by atoms with E-state index < -0.39 is 0 Å². The highest BCUT2D eigenvalue weighted by Crippen LogP contribution is 2.43. The highest BCUT2D eigenvalue weighted by atomic mass is 15.4. The summed E-state index contributed by atoms with van der Waals surface area (Å²) in [4.78, 5) is 2.58. The summed E-state index contributed by atoms with van der Waals surface area (Å²) in [5.74, 6) is 1.30. The molecule has 1 unspecified atom stereocenters. The smallest absolute Gasteiger partial charge is 0.150 e. The molecule has 4 heteroatoms. The first-order chi connectivity index (χ1) is 8.54. The van der Waals surface area contributed by atoms with Gasteiger partial charge in [-0.3, -0.25) is 4.68 Å². The molecule has 1 fully saturated rings. The largest absolute Gasteiger partial charge is 0.378 e. The third kappa shape index (κ3) is 1.54. The zero-order chi connectivity index (χ0) is 12.9. The average Bonchev–Trinajstić information content (AvgIpc) is 2.66. The molecule has 0 saturated carbocycles. The number of hydrogen-bond donors (Lipinski definition) is 1. The van der Waals surface area contributed by atoms with Crippen molar-refractivity contribution in [2.24, 2.45) is 12.5 Å². The molecule has 0 aliphatic carbocycles. The topological polar surface area (TPSA) is 33.1 Å². The summed E-state index contributed by atoms with van der Waals surface area (Å²) in [6.07, 6.45) is 3.61. The Kier molecular flexibility index (Phi) is 2.57. The van der Waals surface area contributed by atoms with Crippen LogP contribution in [0, 0.1) is 5.41 Å². The molecule has 100 valence electrons. The summed E-state index contributed by atoms with van der Waals surface area (Å²) in [6.45, 7) is 9.20. The SMILES string of the molecule is CCc1nn(C)c2c1NCC1N2CCCC1(C)C. The van der Waals surface area contributed by atoms with E-state index in [9.17, 15) is 0 Å². The monoisotopic (exact) mass is 248 g/mol. The Morgan fingerprint density at radius 3 is 2.94 bits per heavy atom. The van der Waals surface area contributed by atoms with Gasteiger partial charge in [0.25, 0.3) is 0 Å². The number of anilines is 2. The molecule has 3 heterocycles. The van der Waals surface area contributed by atoms with Gasteiger partial charge in [0.15, 0.2) is 5.82 Å². The van der Waals surface area contributed by atoms with Crippen molar-refractivity contribution in [2.45, 2.75) is 46.1 Å². The van der Waals surface area contributed by atoms with E-state index in [2.05, 4.69) is 47.8 Å². The highest BCUT2D eigenvalue weighted by Gasteiger charge is 2.42. The van der Waals surface area contributed by atoms with Crippen LogP contribution >= 0.6 is 0 Å².